The third-order valence-electron chi connectivity index (χ3n) is 4.13. The second-order valence-corrected chi connectivity index (χ2v) is 7.99. The van der Waals surface area contributed by atoms with Gasteiger partial charge in [-0.1, -0.05) is 35.9 Å². The largest absolute Gasteiger partial charge is 0.277 e. The zero-order valence-electron chi connectivity index (χ0n) is 13.5. The maximum atomic E-state index is 13.1. The lowest BCUT2D eigenvalue weighted by Gasteiger charge is -2.34. The van der Waals surface area contributed by atoms with Gasteiger partial charge in [0.1, 0.15) is 6.04 Å². The number of hydrogen-bond donors (Lipinski definition) is 1. The van der Waals surface area contributed by atoms with Crippen molar-refractivity contribution in [1.82, 2.24) is 9.79 Å². The smallest absolute Gasteiger partial charge is 0.262 e. The molecule has 6 nitrogen and oxygen atoms in total. The Kier molecular flexibility index (Phi) is 5.10. The fourth-order valence-corrected chi connectivity index (χ4v) is 4.58. The molecule has 0 bridgehead atoms. The van der Waals surface area contributed by atoms with E-state index in [1.165, 1.54) is 35.7 Å². The van der Waals surface area contributed by atoms with Crippen molar-refractivity contribution >= 4 is 27.5 Å². The van der Waals surface area contributed by atoms with Crippen molar-refractivity contribution in [1.29, 1.82) is 0 Å². The zero-order valence-corrected chi connectivity index (χ0v) is 15.0. The Balaban J connectivity index is 2.03. The van der Waals surface area contributed by atoms with Crippen molar-refractivity contribution in [3.05, 3.63) is 64.7 Å². The number of benzene rings is 2. The molecule has 0 aliphatic carbocycles. The molecule has 3 rings (SSSR count). The Labute approximate surface area is 151 Å². The fourth-order valence-electron chi connectivity index (χ4n) is 2.89. The highest BCUT2D eigenvalue weighted by Crippen LogP contribution is 2.29. The van der Waals surface area contributed by atoms with Crippen LogP contribution in [0, 0.1) is 0 Å². The molecule has 0 saturated carbocycles. The normalized spacial score (nSPS) is 17.8. The van der Waals surface area contributed by atoms with E-state index in [1.807, 2.05) is 24.3 Å². The van der Waals surface area contributed by atoms with Gasteiger partial charge in [-0.15, -0.1) is 0 Å². The van der Waals surface area contributed by atoms with Crippen LogP contribution in [0.15, 0.2) is 53.4 Å². The molecule has 1 N–H and O–H groups in total. The maximum Gasteiger partial charge on any atom is 0.262 e. The van der Waals surface area contributed by atoms with Gasteiger partial charge in [0.2, 0.25) is 10.0 Å². The van der Waals surface area contributed by atoms with E-state index in [2.05, 4.69) is 10.3 Å². The van der Waals surface area contributed by atoms with Crippen molar-refractivity contribution in [3.8, 4) is 0 Å². The van der Waals surface area contributed by atoms with Crippen molar-refractivity contribution in [2.75, 3.05) is 7.11 Å². The lowest BCUT2D eigenvalue weighted by Crippen LogP contribution is -2.52. The first kappa shape index (κ1) is 17.9. The van der Waals surface area contributed by atoms with E-state index in [9.17, 15) is 13.2 Å². The summed E-state index contributed by atoms with van der Waals surface area (Å²) in [6, 6.07) is 12.5. The van der Waals surface area contributed by atoms with Crippen LogP contribution >= 0.6 is 11.6 Å². The first-order valence-electron chi connectivity index (χ1n) is 7.60. The van der Waals surface area contributed by atoms with Crippen LogP contribution in [0.4, 0.5) is 0 Å². The lowest BCUT2D eigenvalue weighted by atomic mass is 9.95. The molecule has 1 atom stereocenters. The van der Waals surface area contributed by atoms with Crippen LogP contribution in [-0.2, 0) is 32.6 Å². The molecule has 1 heterocycles. The summed E-state index contributed by atoms with van der Waals surface area (Å²) in [4.78, 5) is 17.2. The summed E-state index contributed by atoms with van der Waals surface area (Å²) in [6.07, 6.45) is 0.276. The molecule has 0 fully saturated rings. The lowest BCUT2D eigenvalue weighted by molar-refractivity contribution is -0.135. The van der Waals surface area contributed by atoms with Gasteiger partial charge < -0.3 is 0 Å². The van der Waals surface area contributed by atoms with Crippen molar-refractivity contribution in [2.45, 2.75) is 23.9 Å². The SMILES string of the molecule is CONC(=O)[C@H]1Cc2ccccc2CN1S(=O)(=O)c1ccc(Cl)cc1. The molecule has 1 aliphatic rings. The Morgan fingerprint density at radius 1 is 1.16 bits per heavy atom. The molecule has 1 amide bonds. The highest BCUT2D eigenvalue weighted by molar-refractivity contribution is 7.89. The average Bonchev–Trinajstić information content (AvgIpc) is 2.61. The van der Waals surface area contributed by atoms with Gasteiger partial charge in [0, 0.05) is 11.6 Å². The van der Waals surface area contributed by atoms with Crippen molar-refractivity contribution in [2.24, 2.45) is 0 Å². The molecule has 0 radical (unpaired) electrons. The molecule has 1 aliphatic heterocycles. The highest BCUT2D eigenvalue weighted by Gasteiger charge is 2.39. The molecule has 0 saturated heterocycles. The predicted octanol–water partition coefficient (Wildman–Crippen LogP) is 2.13. The first-order valence-corrected chi connectivity index (χ1v) is 9.42. The van der Waals surface area contributed by atoms with Gasteiger partial charge in [0.15, 0.2) is 0 Å². The van der Waals surface area contributed by atoms with Gasteiger partial charge in [-0.3, -0.25) is 9.63 Å². The first-order chi connectivity index (χ1) is 11.9. The minimum atomic E-state index is -3.88. The summed E-state index contributed by atoms with van der Waals surface area (Å²) < 4.78 is 27.4. The summed E-state index contributed by atoms with van der Waals surface area (Å²) in [6.45, 7) is 0.114. The van der Waals surface area contributed by atoms with Crippen LogP contribution in [0.2, 0.25) is 5.02 Å². The molecular weight excluding hydrogens is 364 g/mol. The number of hydroxylamine groups is 1. The van der Waals surface area contributed by atoms with Gasteiger partial charge in [0.25, 0.3) is 5.91 Å². The summed E-state index contributed by atoms with van der Waals surface area (Å²) in [5, 5.41) is 0.441. The number of rotatable bonds is 4. The number of carbonyl (C=O) groups is 1. The standard InChI is InChI=1S/C17H17ClN2O4S/c1-24-19-17(21)16-10-12-4-2-3-5-13(12)11-20(16)25(22,23)15-8-6-14(18)7-9-15/h2-9,16H,10-11H2,1H3,(H,19,21)/t16-/m1/s1. The van der Waals surface area contributed by atoms with Crippen LogP contribution in [0.1, 0.15) is 11.1 Å². The maximum absolute atomic E-state index is 13.1. The number of fused-ring (bicyclic) bond motifs is 1. The third kappa shape index (κ3) is 3.55. The Bertz CT molecular complexity index is 884. The van der Waals surface area contributed by atoms with E-state index in [1.54, 1.807) is 0 Å². The van der Waals surface area contributed by atoms with Gasteiger partial charge in [0.05, 0.1) is 12.0 Å². The van der Waals surface area contributed by atoms with Gasteiger partial charge in [-0.25, -0.2) is 13.9 Å². The van der Waals surface area contributed by atoms with E-state index in [-0.39, 0.29) is 17.9 Å². The molecule has 2 aromatic rings. The van der Waals surface area contributed by atoms with Crippen LogP contribution in [0.3, 0.4) is 0 Å². The van der Waals surface area contributed by atoms with Gasteiger partial charge in [-0.05, 0) is 41.8 Å². The molecular formula is C17H17ClN2O4S. The third-order valence-corrected chi connectivity index (χ3v) is 6.25. The summed E-state index contributed by atoms with van der Waals surface area (Å²) >= 11 is 5.85. The molecule has 0 unspecified atom stereocenters. The monoisotopic (exact) mass is 380 g/mol. The van der Waals surface area contributed by atoms with Crippen LogP contribution in [0.5, 0.6) is 0 Å². The minimum Gasteiger partial charge on any atom is -0.277 e. The van der Waals surface area contributed by atoms with Gasteiger partial charge in [-0.2, -0.15) is 4.31 Å². The van der Waals surface area contributed by atoms with Crippen molar-refractivity contribution < 1.29 is 18.0 Å². The number of carbonyl (C=O) groups excluding carboxylic acids is 1. The number of halogens is 1. The number of nitrogens with zero attached hydrogens (tertiary/aromatic N) is 1. The topological polar surface area (TPSA) is 75.7 Å². The van der Waals surface area contributed by atoms with E-state index < -0.39 is 22.0 Å². The number of sulfonamides is 1. The van der Waals surface area contributed by atoms with Crippen LogP contribution in [-0.4, -0.2) is 31.8 Å². The summed E-state index contributed by atoms with van der Waals surface area (Å²) in [5.74, 6) is -0.505. The highest BCUT2D eigenvalue weighted by atomic mass is 35.5. The number of amides is 1. The molecule has 0 aromatic heterocycles. The van der Waals surface area contributed by atoms with E-state index in [0.717, 1.165) is 11.1 Å². The average molecular weight is 381 g/mol. The van der Waals surface area contributed by atoms with E-state index >= 15 is 0 Å². The Hall–Kier alpha value is -1.93. The molecule has 2 aromatic carbocycles. The second-order valence-electron chi connectivity index (χ2n) is 5.66. The van der Waals surface area contributed by atoms with Gasteiger partial charge >= 0.3 is 0 Å². The Morgan fingerprint density at radius 2 is 1.80 bits per heavy atom. The summed E-state index contributed by atoms with van der Waals surface area (Å²) in [7, 11) is -2.56. The minimum absolute atomic E-state index is 0.0893. The quantitative estimate of drug-likeness (QED) is 0.824. The zero-order chi connectivity index (χ0) is 18.0. The fraction of sp³-hybridized carbons (Fsp3) is 0.235. The number of nitrogens with one attached hydrogen (secondary N) is 1. The molecule has 132 valence electrons. The van der Waals surface area contributed by atoms with E-state index in [4.69, 9.17) is 11.6 Å². The molecule has 25 heavy (non-hydrogen) atoms. The van der Waals surface area contributed by atoms with Crippen molar-refractivity contribution in [3.63, 3.8) is 0 Å². The second kappa shape index (κ2) is 7.13. The van der Waals surface area contributed by atoms with E-state index in [0.29, 0.717) is 5.02 Å². The van der Waals surface area contributed by atoms with Crippen LogP contribution in [0.25, 0.3) is 0 Å². The molecule has 0 spiro atoms. The Morgan fingerprint density at radius 3 is 2.44 bits per heavy atom. The number of hydrogen-bond acceptors (Lipinski definition) is 4. The predicted molar refractivity (Wildman–Crippen MR) is 93.3 cm³/mol. The summed E-state index contributed by atoms with van der Waals surface area (Å²) in [5.41, 5.74) is 4.06. The molecule has 8 heteroatoms. The van der Waals surface area contributed by atoms with Crippen LogP contribution < -0.4 is 5.48 Å².